The number of ether oxygens (including phenoxy) is 2. The highest BCUT2D eigenvalue weighted by Gasteiger charge is 2.40. The van der Waals surface area contributed by atoms with E-state index < -0.39 is 19.9 Å². The number of unbranched alkanes of at least 4 members (excludes halogenated alkanes) is 24. The zero-order valence-electron chi connectivity index (χ0n) is 37.9. The molecule has 2 bridgehead atoms. The fourth-order valence-electron chi connectivity index (χ4n) is 8.50. The fraction of sp³-hybridized carbons (Fsp3) is 0.936. The van der Waals surface area contributed by atoms with Crippen molar-refractivity contribution >= 4 is 19.8 Å². The van der Waals surface area contributed by atoms with Gasteiger partial charge in [0.2, 0.25) is 0 Å². The van der Waals surface area contributed by atoms with Gasteiger partial charge in [-0.3, -0.25) is 23.2 Å². The Morgan fingerprint density at radius 1 is 0.593 bits per heavy atom. The van der Waals surface area contributed by atoms with Crippen LogP contribution in [0, 0.1) is 17.2 Å². The van der Waals surface area contributed by atoms with Crippen LogP contribution in [0.4, 0.5) is 0 Å². The lowest BCUT2D eigenvalue weighted by Gasteiger charge is -2.49. The molecule has 0 radical (unpaired) electrons. The number of fused-ring (bicyclic) bond motifs is 3. The summed E-state index contributed by atoms with van der Waals surface area (Å²) in [5.74, 6) is 0.0940. The summed E-state index contributed by atoms with van der Waals surface area (Å²) in [4.78, 5) is 25.7. The van der Waals surface area contributed by atoms with Crippen LogP contribution in [0.1, 0.15) is 219 Å². The predicted octanol–water partition coefficient (Wildman–Crippen LogP) is 10.1. The zero-order chi connectivity index (χ0) is 41.8. The topological polar surface area (TPSA) is 121 Å². The molecule has 0 aliphatic carbocycles. The molecular formula is C47H88ClN2O8P. The number of carbonyl (C=O) groups excluding carboxylic acids is 2. The van der Waals surface area contributed by atoms with E-state index in [4.69, 9.17) is 28.3 Å². The first kappa shape index (κ1) is 55.8. The summed E-state index contributed by atoms with van der Waals surface area (Å²) >= 11 is 0. The average Bonchev–Trinajstić information content (AvgIpc) is 3.23. The van der Waals surface area contributed by atoms with E-state index >= 15 is 0 Å². The van der Waals surface area contributed by atoms with Crippen LogP contribution in [-0.4, -0.2) is 75.1 Å². The molecule has 0 spiro atoms. The van der Waals surface area contributed by atoms with Crippen LogP contribution in [0.3, 0.4) is 0 Å². The standard InChI is InChI=1S/C47H88N2O8P.ClH/c1-3-5-7-9-11-13-15-17-19-21-23-25-27-30-46(50)53-42-45(57-47(51)31-28-26-24-22-20-18-16-14-12-10-8-6-4-2)43-56-58(52,54-40-29-35-48)55-41-39-49-36-32-44(33-37-49)34-38-49;/h44-45H,3-34,36-43H2,1-2H3;1H/q+1;/p-1. The van der Waals surface area contributed by atoms with Crippen molar-refractivity contribution in [3.8, 4) is 6.07 Å². The third-order valence-electron chi connectivity index (χ3n) is 12.4. The van der Waals surface area contributed by atoms with Gasteiger partial charge in [0.15, 0.2) is 6.10 Å². The maximum Gasteiger partial charge on any atom is 0.475 e. The van der Waals surface area contributed by atoms with Crippen LogP contribution in [0.2, 0.25) is 0 Å². The van der Waals surface area contributed by atoms with Crippen molar-refractivity contribution in [2.75, 3.05) is 52.6 Å². The van der Waals surface area contributed by atoms with Gasteiger partial charge in [0, 0.05) is 12.8 Å². The minimum absolute atomic E-state index is 0. The summed E-state index contributed by atoms with van der Waals surface area (Å²) in [6.07, 6.45) is 35.1. The Bertz CT molecular complexity index is 1100. The van der Waals surface area contributed by atoms with E-state index in [0.717, 1.165) is 75.1 Å². The monoisotopic (exact) mass is 875 g/mol. The lowest BCUT2D eigenvalue weighted by atomic mass is 9.86. The highest BCUT2D eigenvalue weighted by molar-refractivity contribution is 7.48. The van der Waals surface area contributed by atoms with E-state index in [-0.39, 0.29) is 57.6 Å². The minimum atomic E-state index is -4.08. The van der Waals surface area contributed by atoms with Crippen LogP contribution in [-0.2, 0) is 37.2 Å². The lowest BCUT2D eigenvalue weighted by molar-refractivity contribution is -0.942. The number of phosphoric ester groups is 1. The number of hydrogen-bond acceptors (Lipinski definition) is 9. The number of piperidine rings is 3. The summed E-state index contributed by atoms with van der Waals surface area (Å²) in [5, 5.41) is 9.07. The molecule has 3 fully saturated rings. The SMILES string of the molecule is CCCCCCCCCCCCCCCC(=O)OCC(COP(=O)(OCCC#N)OCC[N+]12CCC(CC1)CC2)OC(=O)CCCCCCCCCCCCCCC.[Cl-]. The molecule has 0 aromatic heterocycles. The van der Waals surface area contributed by atoms with E-state index in [2.05, 4.69) is 13.8 Å². The summed E-state index contributed by atoms with van der Waals surface area (Å²) in [6, 6.07) is 2.00. The molecule has 3 heterocycles. The third kappa shape index (κ3) is 29.7. The molecule has 346 valence electrons. The van der Waals surface area contributed by atoms with Gasteiger partial charge in [-0.15, -0.1) is 0 Å². The highest BCUT2D eigenvalue weighted by Crippen LogP contribution is 2.50. The lowest BCUT2D eigenvalue weighted by Crippen LogP contribution is -3.00. The van der Waals surface area contributed by atoms with E-state index in [9.17, 15) is 14.2 Å². The number of esters is 2. The second kappa shape index (κ2) is 37.4. The van der Waals surface area contributed by atoms with Crippen molar-refractivity contribution < 1.29 is 54.1 Å². The summed E-state index contributed by atoms with van der Waals surface area (Å²) in [5.41, 5.74) is 0. The summed E-state index contributed by atoms with van der Waals surface area (Å²) in [6.45, 7) is 8.15. The van der Waals surface area contributed by atoms with Crippen molar-refractivity contribution in [1.29, 1.82) is 5.26 Å². The first-order valence-corrected chi connectivity index (χ1v) is 25.9. The molecule has 3 saturated heterocycles. The van der Waals surface area contributed by atoms with E-state index in [1.807, 2.05) is 6.07 Å². The van der Waals surface area contributed by atoms with Crippen molar-refractivity contribution in [1.82, 2.24) is 0 Å². The van der Waals surface area contributed by atoms with Gasteiger partial charge in [-0.2, -0.15) is 5.26 Å². The van der Waals surface area contributed by atoms with Gasteiger partial charge in [-0.05, 0) is 38.0 Å². The Kier molecular flexibility index (Phi) is 35.3. The van der Waals surface area contributed by atoms with Crippen molar-refractivity contribution in [2.24, 2.45) is 5.92 Å². The number of phosphoric acid groups is 1. The smallest absolute Gasteiger partial charge is 0.475 e. The maximum atomic E-state index is 13.8. The molecule has 3 aliphatic rings. The van der Waals surface area contributed by atoms with E-state index in [1.165, 1.54) is 148 Å². The minimum Gasteiger partial charge on any atom is -1.00 e. The normalized spacial score (nSPS) is 18.8. The van der Waals surface area contributed by atoms with Gasteiger partial charge >= 0.3 is 19.8 Å². The second-order valence-electron chi connectivity index (χ2n) is 17.6. The Labute approximate surface area is 367 Å². The molecule has 3 aliphatic heterocycles. The van der Waals surface area contributed by atoms with Gasteiger partial charge in [-0.1, -0.05) is 168 Å². The van der Waals surface area contributed by atoms with Gasteiger partial charge in [0.1, 0.15) is 19.8 Å². The quantitative estimate of drug-likeness (QED) is 0.0256. The molecule has 2 atom stereocenters. The van der Waals surface area contributed by atoms with Crippen LogP contribution >= 0.6 is 7.82 Å². The zero-order valence-corrected chi connectivity index (χ0v) is 39.6. The Hall–Kier alpha value is -1.21. The average molecular weight is 876 g/mol. The highest BCUT2D eigenvalue weighted by atomic mass is 35.5. The molecule has 3 rings (SSSR count). The molecule has 59 heavy (non-hydrogen) atoms. The number of hydrogen-bond donors (Lipinski definition) is 0. The number of carbonyl (C=O) groups is 2. The maximum absolute atomic E-state index is 13.8. The van der Waals surface area contributed by atoms with Gasteiger partial charge in [0.25, 0.3) is 0 Å². The van der Waals surface area contributed by atoms with Crippen LogP contribution in [0.5, 0.6) is 0 Å². The number of halogens is 1. The molecule has 10 nitrogen and oxygen atoms in total. The molecule has 0 aromatic rings. The second-order valence-corrected chi connectivity index (χ2v) is 19.2. The van der Waals surface area contributed by atoms with Gasteiger partial charge < -0.3 is 26.4 Å². The Balaban J connectivity index is 0.0000174. The Morgan fingerprint density at radius 2 is 1.00 bits per heavy atom. The summed E-state index contributed by atoms with van der Waals surface area (Å²) < 4.78 is 43.2. The van der Waals surface area contributed by atoms with Crippen LogP contribution < -0.4 is 12.4 Å². The van der Waals surface area contributed by atoms with E-state index in [0.29, 0.717) is 6.42 Å². The Morgan fingerprint density at radius 3 is 1.44 bits per heavy atom. The van der Waals surface area contributed by atoms with Crippen molar-refractivity contribution in [3.63, 3.8) is 0 Å². The van der Waals surface area contributed by atoms with Gasteiger partial charge in [0.05, 0.1) is 45.3 Å². The molecule has 0 amide bonds. The van der Waals surface area contributed by atoms with E-state index in [1.54, 1.807) is 0 Å². The molecular weight excluding hydrogens is 787 g/mol. The summed E-state index contributed by atoms with van der Waals surface area (Å²) in [7, 11) is -4.08. The number of rotatable bonds is 41. The largest absolute Gasteiger partial charge is 1.00 e. The molecule has 0 N–H and O–H groups in total. The predicted molar refractivity (Wildman–Crippen MR) is 234 cm³/mol. The van der Waals surface area contributed by atoms with Crippen molar-refractivity contribution in [3.05, 3.63) is 0 Å². The number of nitriles is 1. The number of nitrogens with zero attached hydrogens (tertiary/aromatic N) is 2. The number of quaternary nitrogens is 1. The molecule has 0 saturated carbocycles. The first-order chi connectivity index (χ1) is 28.3. The first-order valence-electron chi connectivity index (χ1n) is 24.4. The van der Waals surface area contributed by atoms with Crippen LogP contribution in [0.25, 0.3) is 0 Å². The molecule has 2 unspecified atom stereocenters. The third-order valence-corrected chi connectivity index (χ3v) is 13.9. The fourth-order valence-corrected chi connectivity index (χ4v) is 9.69. The van der Waals surface area contributed by atoms with Crippen molar-refractivity contribution in [2.45, 2.75) is 225 Å². The van der Waals surface area contributed by atoms with Crippen LogP contribution in [0.15, 0.2) is 0 Å². The molecule has 12 heteroatoms. The van der Waals surface area contributed by atoms with Gasteiger partial charge in [-0.25, -0.2) is 4.57 Å². The molecule has 0 aromatic carbocycles.